The average molecular weight is 354 g/mol. The van der Waals surface area contributed by atoms with Crippen molar-refractivity contribution in [2.24, 2.45) is 0 Å². The Bertz CT molecular complexity index is 636. The Hall–Kier alpha value is -1.93. The smallest absolute Gasteiger partial charge is 0.341 e. The van der Waals surface area contributed by atoms with E-state index in [4.69, 9.17) is 4.74 Å². The van der Waals surface area contributed by atoms with Gasteiger partial charge in [0, 0.05) is 19.9 Å². The molecule has 0 aromatic carbocycles. The minimum atomic E-state index is -0.523. The lowest BCUT2D eigenvalue weighted by Gasteiger charge is -2.12. The van der Waals surface area contributed by atoms with E-state index in [2.05, 4.69) is 10.6 Å². The molecule has 0 saturated carbocycles. The van der Waals surface area contributed by atoms with Crippen molar-refractivity contribution in [3.63, 3.8) is 0 Å². The van der Waals surface area contributed by atoms with Crippen molar-refractivity contribution in [1.82, 2.24) is 5.32 Å². The molecule has 0 spiro atoms. The van der Waals surface area contributed by atoms with Gasteiger partial charge in [0.2, 0.25) is 0 Å². The second-order valence-corrected chi connectivity index (χ2v) is 6.76. The molecule has 2 amide bonds. The van der Waals surface area contributed by atoms with Crippen molar-refractivity contribution in [1.29, 1.82) is 0 Å². The van der Waals surface area contributed by atoms with E-state index >= 15 is 0 Å². The van der Waals surface area contributed by atoms with Crippen molar-refractivity contribution < 1.29 is 24.0 Å². The Morgan fingerprint density at radius 3 is 2.50 bits per heavy atom. The summed E-state index contributed by atoms with van der Waals surface area (Å²) in [5.74, 6) is -0.957. The van der Waals surface area contributed by atoms with Crippen molar-refractivity contribution >= 4 is 34.1 Å². The fourth-order valence-electron chi connectivity index (χ4n) is 2.83. The van der Waals surface area contributed by atoms with Crippen molar-refractivity contribution in [2.45, 2.75) is 26.7 Å². The van der Waals surface area contributed by atoms with Gasteiger partial charge in [0.25, 0.3) is 11.8 Å². The molecule has 2 rings (SSSR count). The quantitative estimate of drug-likeness (QED) is 0.637. The topological polar surface area (TPSA) is 88.9 Å². The molecule has 0 unspecified atom stereocenters. The van der Waals surface area contributed by atoms with Crippen LogP contribution in [0.2, 0.25) is 0 Å². The molecular formula is C16H24N3O4S+. The van der Waals surface area contributed by atoms with Crippen LogP contribution in [0.25, 0.3) is 0 Å². The zero-order chi connectivity index (χ0) is 17.7. The van der Waals surface area contributed by atoms with Gasteiger partial charge in [-0.05, 0) is 19.4 Å². The summed E-state index contributed by atoms with van der Waals surface area (Å²) in [5.41, 5.74) is 0.798. The second kappa shape index (κ2) is 8.25. The number of esters is 1. The van der Waals surface area contributed by atoms with E-state index in [1.54, 1.807) is 13.8 Å². The van der Waals surface area contributed by atoms with Crippen molar-refractivity contribution in [2.75, 3.05) is 38.6 Å². The lowest BCUT2D eigenvalue weighted by Crippen LogP contribution is -3.11. The minimum Gasteiger partial charge on any atom is -0.462 e. The first-order chi connectivity index (χ1) is 11.5. The summed E-state index contributed by atoms with van der Waals surface area (Å²) >= 11 is 1.11. The predicted octanol–water partition coefficient (Wildman–Crippen LogP) is 0.210. The molecule has 0 aliphatic carbocycles. The highest BCUT2D eigenvalue weighted by Gasteiger charge is 2.27. The van der Waals surface area contributed by atoms with Gasteiger partial charge >= 0.3 is 5.97 Å². The van der Waals surface area contributed by atoms with E-state index in [1.807, 2.05) is 0 Å². The molecule has 1 aromatic rings. The molecule has 2 heterocycles. The van der Waals surface area contributed by atoms with E-state index in [-0.39, 0.29) is 24.0 Å². The number of carbonyl (C=O) groups excluding carboxylic acids is 3. The SMILES string of the molecule is CCOC(=O)c1c(NC(=O)C[NH+]2CCCC2)sc(C(=O)NC)c1C. The molecule has 1 aromatic heterocycles. The summed E-state index contributed by atoms with van der Waals surface area (Å²) in [6.45, 7) is 5.99. The Labute approximate surface area is 145 Å². The summed E-state index contributed by atoms with van der Waals surface area (Å²) < 4.78 is 5.07. The third-order valence-electron chi connectivity index (χ3n) is 4.03. The van der Waals surface area contributed by atoms with E-state index in [1.165, 1.54) is 11.9 Å². The molecule has 24 heavy (non-hydrogen) atoms. The Balaban J connectivity index is 2.23. The summed E-state index contributed by atoms with van der Waals surface area (Å²) in [7, 11) is 1.53. The standard InChI is InChI=1S/C16H23N3O4S/c1-4-23-16(22)12-10(2)13(14(21)17-3)24-15(12)18-11(20)9-19-7-5-6-8-19/h4-9H2,1-3H3,(H,17,21)(H,18,20)/p+1. The second-order valence-electron chi connectivity index (χ2n) is 5.74. The number of carbonyl (C=O) groups is 3. The largest absolute Gasteiger partial charge is 0.462 e. The first-order valence-corrected chi connectivity index (χ1v) is 8.95. The van der Waals surface area contributed by atoms with Crippen LogP contribution >= 0.6 is 11.3 Å². The lowest BCUT2D eigenvalue weighted by atomic mass is 10.1. The highest BCUT2D eigenvalue weighted by molar-refractivity contribution is 7.18. The van der Waals surface area contributed by atoms with Crippen LogP contribution in [0.4, 0.5) is 5.00 Å². The number of nitrogens with one attached hydrogen (secondary N) is 3. The van der Waals surface area contributed by atoms with E-state index in [0.717, 1.165) is 37.3 Å². The number of ether oxygens (including phenoxy) is 1. The zero-order valence-electron chi connectivity index (χ0n) is 14.3. The zero-order valence-corrected chi connectivity index (χ0v) is 15.1. The first-order valence-electron chi connectivity index (χ1n) is 8.13. The van der Waals surface area contributed by atoms with Crippen LogP contribution in [0, 0.1) is 6.92 Å². The Morgan fingerprint density at radius 1 is 1.25 bits per heavy atom. The maximum Gasteiger partial charge on any atom is 0.341 e. The van der Waals surface area contributed by atoms with Gasteiger partial charge in [-0.25, -0.2) is 4.79 Å². The Morgan fingerprint density at radius 2 is 1.92 bits per heavy atom. The molecule has 1 saturated heterocycles. The highest BCUT2D eigenvalue weighted by atomic mass is 32.1. The highest BCUT2D eigenvalue weighted by Crippen LogP contribution is 2.33. The van der Waals surface area contributed by atoms with Gasteiger partial charge in [0.1, 0.15) is 5.00 Å². The molecule has 0 atom stereocenters. The number of likely N-dealkylation sites (tertiary alicyclic amines) is 1. The molecular weight excluding hydrogens is 330 g/mol. The van der Waals surface area contributed by atoms with Gasteiger partial charge in [0.15, 0.2) is 6.54 Å². The number of rotatable bonds is 6. The van der Waals surface area contributed by atoms with Crippen LogP contribution < -0.4 is 15.5 Å². The number of anilines is 1. The van der Waals surface area contributed by atoms with E-state index < -0.39 is 5.97 Å². The average Bonchev–Trinajstić information content (AvgIpc) is 3.14. The molecule has 1 aliphatic rings. The number of quaternary nitrogens is 1. The third kappa shape index (κ3) is 4.12. The molecule has 132 valence electrons. The summed E-state index contributed by atoms with van der Waals surface area (Å²) in [4.78, 5) is 38.1. The lowest BCUT2D eigenvalue weighted by molar-refractivity contribution is -0.878. The maximum absolute atomic E-state index is 12.3. The molecule has 1 fully saturated rings. The van der Waals surface area contributed by atoms with Crippen LogP contribution in [0.3, 0.4) is 0 Å². The number of amides is 2. The fourth-order valence-corrected chi connectivity index (χ4v) is 3.99. The van der Waals surface area contributed by atoms with Gasteiger partial charge in [-0.1, -0.05) is 0 Å². The van der Waals surface area contributed by atoms with Gasteiger partial charge < -0.3 is 20.3 Å². The molecule has 0 radical (unpaired) electrons. The van der Waals surface area contributed by atoms with Crippen molar-refractivity contribution in [3.8, 4) is 0 Å². The van der Waals surface area contributed by atoms with E-state index in [9.17, 15) is 14.4 Å². The van der Waals surface area contributed by atoms with E-state index in [0.29, 0.717) is 22.0 Å². The van der Waals surface area contributed by atoms with Crippen molar-refractivity contribution in [3.05, 3.63) is 16.0 Å². The molecule has 3 N–H and O–H groups in total. The number of hydrogen-bond donors (Lipinski definition) is 3. The third-order valence-corrected chi connectivity index (χ3v) is 5.24. The van der Waals surface area contributed by atoms with Gasteiger partial charge in [-0.3, -0.25) is 9.59 Å². The molecule has 7 nitrogen and oxygen atoms in total. The van der Waals surface area contributed by atoms with Crippen LogP contribution in [-0.2, 0) is 9.53 Å². The Kier molecular flexibility index (Phi) is 6.33. The first kappa shape index (κ1) is 18.4. The number of thiophene rings is 1. The molecule has 8 heteroatoms. The monoisotopic (exact) mass is 354 g/mol. The summed E-state index contributed by atoms with van der Waals surface area (Å²) in [5, 5.41) is 5.73. The number of hydrogen-bond acceptors (Lipinski definition) is 5. The van der Waals surface area contributed by atoms with Crippen LogP contribution in [-0.4, -0.2) is 51.1 Å². The fraction of sp³-hybridized carbons (Fsp3) is 0.562. The van der Waals surface area contributed by atoms with Crippen LogP contribution in [0.15, 0.2) is 0 Å². The summed E-state index contributed by atoms with van der Waals surface area (Å²) in [6, 6.07) is 0. The maximum atomic E-state index is 12.3. The van der Waals surface area contributed by atoms with Gasteiger partial charge in [0.05, 0.1) is 30.1 Å². The predicted molar refractivity (Wildman–Crippen MR) is 91.8 cm³/mol. The molecule has 0 bridgehead atoms. The van der Waals surface area contributed by atoms with Gasteiger partial charge in [-0.15, -0.1) is 11.3 Å². The van der Waals surface area contributed by atoms with Gasteiger partial charge in [-0.2, -0.15) is 0 Å². The molecule has 1 aliphatic heterocycles. The van der Waals surface area contributed by atoms with Crippen LogP contribution in [0.5, 0.6) is 0 Å². The van der Waals surface area contributed by atoms with Crippen LogP contribution in [0.1, 0.15) is 45.4 Å². The minimum absolute atomic E-state index is 0.151. The summed E-state index contributed by atoms with van der Waals surface area (Å²) in [6.07, 6.45) is 2.27. The normalized spacial score (nSPS) is 14.5.